The smallest absolute Gasteiger partial charge is 0.0465 e. The summed E-state index contributed by atoms with van der Waals surface area (Å²) in [6.45, 7) is 9.52. The third-order valence-corrected chi connectivity index (χ3v) is 13.7. The van der Waals surface area contributed by atoms with Crippen LogP contribution in [0.3, 0.4) is 0 Å². The Hall–Kier alpha value is -6.18. The summed E-state index contributed by atoms with van der Waals surface area (Å²) >= 11 is 0. The molecule has 8 aromatic carbocycles. The Labute approximate surface area is 344 Å². The van der Waals surface area contributed by atoms with Crippen molar-refractivity contribution >= 4 is 27.8 Å². The minimum Gasteiger partial charge on any atom is -0.310 e. The lowest BCUT2D eigenvalue weighted by molar-refractivity contribution is 0.408. The van der Waals surface area contributed by atoms with Gasteiger partial charge in [-0.1, -0.05) is 173 Å². The molecule has 10 rings (SSSR count). The molecular formula is C57H51N. The Bertz CT molecular complexity index is 2750. The van der Waals surface area contributed by atoms with Crippen molar-refractivity contribution in [3.8, 4) is 44.5 Å². The number of hydrogen-bond acceptors (Lipinski definition) is 1. The molecule has 1 saturated carbocycles. The second kappa shape index (κ2) is 14.3. The average Bonchev–Trinajstić information content (AvgIpc) is 3.78. The van der Waals surface area contributed by atoms with E-state index in [-0.39, 0.29) is 5.41 Å². The summed E-state index contributed by atoms with van der Waals surface area (Å²) in [6, 6.07) is 68.0. The molecule has 58 heavy (non-hydrogen) atoms. The zero-order chi connectivity index (χ0) is 39.4. The van der Waals surface area contributed by atoms with Crippen LogP contribution in [0.5, 0.6) is 0 Å². The first kappa shape index (κ1) is 36.2. The first-order valence-electron chi connectivity index (χ1n) is 21.3. The molecule has 0 amide bonds. The fourth-order valence-corrected chi connectivity index (χ4v) is 10.5. The van der Waals surface area contributed by atoms with E-state index in [0.717, 1.165) is 23.0 Å². The monoisotopic (exact) mass is 749 g/mol. The summed E-state index contributed by atoms with van der Waals surface area (Å²) in [6.07, 6.45) is 5.16. The highest BCUT2D eigenvalue weighted by atomic mass is 15.1. The summed E-state index contributed by atoms with van der Waals surface area (Å²) in [5.41, 5.74) is 18.1. The van der Waals surface area contributed by atoms with E-state index in [2.05, 4.69) is 215 Å². The highest BCUT2D eigenvalue weighted by molar-refractivity contribution is 6.06. The summed E-state index contributed by atoms with van der Waals surface area (Å²) in [5, 5.41) is 2.53. The van der Waals surface area contributed by atoms with Crippen LogP contribution in [0.25, 0.3) is 55.3 Å². The number of benzene rings is 8. The second-order valence-corrected chi connectivity index (χ2v) is 17.5. The minimum atomic E-state index is -0.0921. The fourth-order valence-electron chi connectivity index (χ4n) is 10.5. The van der Waals surface area contributed by atoms with Gasteiger partial charge in [-0.05, 0) is 145 Å². The Kier molecular flexibility index (Phi) is 8.94. The normalized spacial score (nSPS) is 17.9. The lowest BCUT2D eigenvalue weighted by atomic mass is 9.76. The molecular weight excluding hydrogens is 699 g/mol. The Morgan fingerprint density at radius 2 is 1.03 bits per heavy atom. The molecule has 2 atom stereocenters. The van der Waals surface area contributed by atoms with Crippen LogP contribution in [-0.2, 0) is 10.8 Å². The van der Waals surface area contributed by atoms with E-state index >= 15 is 0 Å². The van der Waals surface area contributed by atoms with E-state index in [1.54, 1.807) is 0 Å². The van der Waals surface area contributed by atoms with Gasteiger partial charge in [0.1, 0.15) is 0 Å². The molecule has 0 heterocycles. The van der Waals surface area contributed by atoms with Crippen molar-refractivity contribution < 1.29 is 0 Å². The molecule has 0 N–H and O–H groups in total. The molecule has 0 aliphatic heterocycles. The molecule has 0 bridgehead atoms. The van der Waals surface area contributed by atoms with Gasteiger partial charge in [-0.25, -0.2) is 0 Å². The van der Waals surface area contributed by atoms with E-state index in [9.17, 15) is 0 Å². The Balaban J connectivity index is 1.04. The summed E-state index contributed by atoms with van der Waals surface area (Å²) in [5.74, 6) is 0.809. The molecule has 1 heteroatoms. The maximum Gasteiger partial charge on any atom is 0.0465 e. The average molecular weight is 750 g/mol. The molecule has 8 aromatic rings. The third-order valence-electron chi connectivity index (χ3n) is 13.7. The maximum atomic E-state index is 2.43. The second-order valence-electron chi connectivity index (χ2n) is 17.5. The van der Waals surface area contributed by atoms with Crippen LogP contribution in [-0.4, -0.2) is 0 Å². The molecule has 2 unspecified atom stereocenters. The summed E-state index contributed by atoms with van der Waals surface area (Å²) < 4.78 is 0. The zero-order valence-corrected chi connectivity index (χ0v) is 34.2. The molecule has 1 nitrogen and oxygen atoms in total. The van der Waals surface area contributed by atoms with Crippen molar-refractivity contribution in [2.24, 2.45) is 5.92 Å². The van der Waals surface area contributed by atoms with Crippen LogP contribution in [0.4, 0.5) is 17.1 Å². The molecule has 0 radical (unpaired) electrons. The fraction of sp³-hybridized carbons (Fsp3) is 0.193. The van der Waals surface area contributed by atoms with Crippen molar-refractivity contribution in [1.29, 1.82) is 0 Å². The highest BCUT2D eigenvalue weighted by Crippen LogP contribution is 2.51. The van der Waals surface area contributed by atoms with Crippen LogP contribution in [0.2, 0.25) is 0 Å². The van der Waals surface area contributed by atoms with Gasteiger partial charge in [-0.15, -0.1) is 0 Å². The van der Waals surface area contributed by atoms with Gasteiger partial charge in [-0.3, -0.25) is 0 Å². The predicted octanol–water partition coefficient (Wildman–Crippen LogP) is 16.1. The van der Waals surface area contributed by atoms with Gasteiger partial charge >= 0.3 is 0 Å². The number of nitrogens with zero attached hydrogens (tertiary/aromatic N) is 1. The largest absolute Gasteiger partial charge is 0.310 e. The van der Waals surface area contributed by atoms with Gasteiger partial charge in [0.25, 0.3) is 0 Å². The van der Waals surface area contributed by atoms with Crippen LogP contribution >= 0.6 is 0 Å². The van der Waals surface area contributed by atoms with Gasteiger partial charge < -0.3 is 4.90 Å². The van der Waals surface area contributed by atoms with Gasteiger partial charge in [0, 0.05) is 22.5 Å². The van der Waals surface area contributed by atoms with Crippen molar-refractivity contribution in [3.05, 3.63) is 199 Å². The van der Waals surface area contributed by atoms with Crippen molar-refractivity contribution in [2.75, 3.05) is 4.90 Å². The minimum absolute atomic E-state index is 0.0921. The first-order valence-corrected chi connectivity index (χ1v) is 21.3. The number of rotatable bonds is 8. The van der Waals surface area contributed by atoms with Gasteiger partial charge in [0.15, 0.2) is 0 Å². The lowest BCUT2D eigenvalue weighted by Gasteiger charge is -2.29. The van der Waals surface area contributed by atoms with E-state index < -0.39 is 0 Å². The van der Waals surface area contributed by atoms with E-state index in [1.807, 2.05) is 0 Å². The zero-order valence-electron chi connectivity index (χ0n) is 34.2. The molecule has 284 valence electrons. The van der Waals surface area contributed by atoms with E-state index in [1.165, 1.54) is 97.7 Å². The SMILES string of the molecule is CCC1(c2ccc(-c3ccc(N(c4ccc(-c5cccc6cccc(-c7ccccc7)c56)cc4)c4ccc5c(c4)C(C)(C)c4ccccc4-5)cc3)cc2)CCC(C)C1. The summed E-state index contributed by atoms with van der Waals surface area (Å²) in [7, 11) is 0. The quantitative estimate of drug-likeness (QED) is 0.150. The molecule has 0 aromatic heterocycles. The number of hydrogen-bond donors (Lipinski definition) is 0. The van der Waals surface area contributed by atoms with Crippen molar-refractivity contribution in [3.63, 3.8) is 0 Å². The lowest BCUT2D eigenvalue weighted by Crippen LogP contribution is -2.21. The third kappa shape index (κ3) is 6.07. The highest BCUT2D eigenvalue weighted by Gasteiger charge is 2.38. The first-order chi connectivity index (χ1) is 28.3. The van der Waals surface area contributed by atoms with E-state index in [4.69, 9.17) is 0 Å². The van der Waals surface area contributed by atoms with Crippen LogP contribution < -0.4 is 4.90 Å². The van der Waals surface area contributed by atoms with Gasteiger partial charge in [-0.2, -0.15) is 0 Å². The number of fused-ring (bicyclic) bond motifs is 4. The maximum absolute atomic E-state index is 2.43. The number of anilines is 3. The standard InChI is InChI=1S/C57H51N/c1-5-57(36-35-39(2)38-57)45-27-21-40(22-28-45)41-23-29-46(30-24-41)58(48-33-34-52-51-17-9-10-20-53(51)56(3,4)54(52)37-48)47-31-25-43(26-32-47)50-19-12-16-44-15-11-18-49(55(44)50)42-13-7-6-8-14-42/h6-34,37,39H,5,35-36,38H2,1-4H3. The van der Waals surface area contributed by atoms with Gasteiger partial charge in [0.2, 0.25) is 0 Å². The van der Waals surface area contributed by atoms with Crippen molar-refractivity contribution in [2.45, 2.75) is 64.2 Å². The molecule has 2 aliphatic rings. The molecule has 0 saturated heterocycles. The Morgan fingerprint density at radius 3 is 1.66 bits per heavy atom. The van der Waals surface area contributed by atoms with Gasteiger partial charge in [0.05, 0.1) is 0 Å². The van der Waals surface area contributed by atoms with Crippen LogP contribution in [0.1, 0.15) is 70.1 Å². The van der Waals surface area contributed by atoms with Crippen LogP contribution in [0, 0.1) is 5.92 Å². The van der Waals surface area contributed by atoms with Crippen LogP contribution in [0.15, 0.2) is 182 Å². The van der Waals surface area contributed by atoms with Crippen molar-refractivity contribution in [1.82, 2.24) is 0 Å². The molecule has 2 aliphatic carbocycles. The summed E-state index contributed by atoms with van der Waals surface area (Å²) in [4.78, 5) is 2.43. The molecule has 0 spiro atoms. The Morgan fingerprint density at radius 1 is 0.500 bits per heavy atom. The van der Waals surface area contributed by atoms with E-state index in [0.29, 0.717) is 5.41 Å². The predicted molar refractivity (Wildman–Crippen MR) is 247 cm³/mol. The molecule has 1 fully saturated rings. The topological polar surface area (TPSA) is 3.24 Å².